The molecular weight excluding hydrogens is 318 g/mol. The van der Waals surface area contributed by atoms with E-state index in [1.807, 2.05) is 0 Å². The Bertz CT molecular complexity index is 726. The van der Waals surface area contributed by atoms with Gasteiger partial charge in [-0.15, -0.1) is 0 Å². The highest BCUT2D eigenvalue weighted by Gasteiger charge is 2.32. The van der Waals surface area contributed by atoms with Crippen molar-refractivity contribution in [2.24, 2.45) is 0 Å². The first-order valence-electron chi connectivity index (χ1n) is 7.64. The summed E-state index contributed by atoms with van der Waals surface area (Å²) in [5.74, 6) is -0.989. The zero-order chi connectivity index (χ0) is 17.4. The normalized spacial score (nSPS) is 19.7. The van der Waals surface area contributed by atoms with Crippen LogP contribution in [-0.4, -0.2) is 48.1 Å². The number of piperidine rings is 1. The maximum Gasteiger partial charge on any atom is 0.307 e. The van der Waals surface area contributed by atoms with Crippen LogP contribution < -0.4 is 0 Å². The molecule has 1 aliphatic rings. The molecule has 23 heavy (non-hydrogen) atoms. The summed E-state index contributed by atoms with van der Waals surface area (Å²) >= 11 is 0. The molecular formula is C16H23NO5S. The molecule has 0 spiro atoms. The van der Waals surface area contributed by atoms with Crippen molar-refractivity contribution in [1.29, 1.82) is 0 Å². The number of hydrogen-bond acceptors (Lipinski definition) is 4. The minimum atomic E-state index is -3.75. The van der Waals surface area contributed by atoms with Crippen molar-refractivity contribution in [2.75, 3.05) is 13.1 Å². The van der Waals surface area contributed by atoms with Crippen molar-refractivity contribution in [3.63, 3.8) is 0 Å². The predicted octanol–water partition coefficient (Wildman–Crippen LogP) is 1.38. The van der Waals surface area contributed by atoms with E-state index >= 15 is 0 Å². The summed E-state index contributed by atoms with van der Waals surface area (Å²) < 4.78 is 27.3. The summed E-state index contributed by atoms with van der Waals surface area (Å²) in [6, 6.07) is 1.72. The quantitative estimate of drug-likeness (QED) is 0.863. The number of rotatable bonds is 4. The average Bonchev–Trinajstić information content (AvgIpc) is 2.42. The number of aliphatic hydroxyl groups excluding tert-OH is 1. The van der Waals surface area contributed by atoms with Crippen molar-refractivity contribution < 1.29 is 23.4 Å². The highest BCUT2D eigenvalue weighted by molar-refractivity contribution is 7.89. The van der Waals surface area contributed by atoms with Crippen molar-refractivity contribution in [3.8, 4) is 0 Å². The van der Waals surface area contributed by atoms with Crippen LogP contribution in [0.25, 0.3) is 0 Å². The molecule has 0 aromatic heterocycles. The highest BCUT2D eigenvalue weighted by atomic mass is 32.2. The van der Waals surface area contributed by atoms with Gasteiger partial charge in [-0.25, -0.2) is 8.42 Å². The van der Waals surface area contributed by atoms with E-state index in [2.05, 4.69) is 0 Å². The topological polar surface area (TPSA) is 94.9 Å². The van der Waals surface area contributed by atoms with E-state index < -0.39 is 22.1 Å². The molecule has 0 bridgehead atoms. The Morgan fingerprint density at radius 1 is 1.30 bits per heavy atom. The Balaban J connectivity index is 2.55. The fraction of sp³-hybridized carbons (Fsp3) is 0.562. The van der Waals surface area contributed by atoms with Gasteiger partial charge in [-0.05, 0) is 55.9 Å². The van der Waals surface area contributed by atoms with Crippen LogP contribution in [0.5, 0.6) is 0 Å². The molecule has 0 saturated carbocycles. The van der Waals surface area contributed by atoms with E-state index in [1.165, 1.54) is 4.31 Å². The Hall–Kier alpha value is -1.44. The van der Waals surface area contributed by atoms with Gasteiger partial charge in [-0.1, -0.05) is 6.07 Å². The number of aliphatic carboxylic acids is 1. The summed E-state index contributed by atoms with van der Waals surface area (Å²) in [7, 11) is -3.75. The van der Waals surface area contributed by atoms with Crippen LogP contribution in [0.1, 0.15) is 35.1 Å². The molecule has 2 rings (SSSR count). The van der Waals surface area contributed by atoms with Gasteiger partial charge < -0.3 is 10.2 Å². The first-order chi connectivity index (χ1) is 10.6. The van der Waals surface area contributed by atoms with Crippen LogP contribution >= 0.6 is 0 Å². The Morgan fingerprint density at radius 3 is 2.52 bits per heavy atom. The van der Waals surface area contributed by atoms with Gasteiger partial charge in [0.2, 0.25) is 10.0 Å². The van der Waals surface area contributed by atoms with Crippen molar-refractivity contribution in [1.82, 2.24) is 4.31 Å². The van der Waals surface area contributed by atoms with Crippen LogP contribution in [0.15, 0.2) is 11.0 Å². The summed E-state index contributed by atoms with van der Waals surface area (Å²) in [6.07, 6.45) is 0.362. The fourth-order valence-electron chi connectivity index (χ4n) is 3.29. The summed E-state index contributed by atoms with van der Waals surface area (Å²) in [5.41, 5.74) is 2.42. The molecule has 7 heteroatoms. The maximum atomic E-state index is 13.0. The van der Waals surface area contributed by atoms with Crippen LogP contribution in [-0.2, 0) is 21.2 Å². The third-order valence-corrected chi connectivity index (χ3v) is 6.50. The molecule has 1 saturated heterocycles. The zero-order valence-corrected chi connectivity index (χ0v) is 14.5. The van der Waals surface area contributed by atoms with Crippen LogP contribution in [0.2, 0.25) is 0 Å². The van der Waals surface area contributed by atoms with Crippen LogP contribution in [0.3, 0.4) is 0 Å². The minimum Gasteiger partial charge on any atom is -0.481 e. The standard InChI is InChI=1S/C16H23NO5S/c1-10-7-11(2)16(12(3)14(10)8-15(19)20)23(21,22)17-6-4-5-13(18)9-17/h7,13,18H,4-6,8-9H2,1-3H3,(H,19,20)/t13-/m1/s1. The van der Waals surface area contributed by atoms with E-state index in [9.17, 15) is 18.3 Å². The van der Waals surface area contributed by atoms with Crippen molar-refractivity contribution >= 4 is 16.0 Å². The predicted molar refractivity (Wildman–Crippen MR) is 86.0 cm³/mol. The molecule has 6 nitrogen and oxygen atoms in total. The smallest absolute Gasteiger partial charge is 0.307 e. The van der Waals surface area contributed by atoms with Crippen LogP contribution in [0.4, 0.5) is 0 Å². The molecule has 1 heterocycles. The Morgan fingerprint density at radius 2 is 1.96 bits per heavy atom. The number of benzene rings is 1. The summed E-state index contributed by atoms with van der Waals surface area (Å²) in [5, 5.41) is 18.8. The number of β-amino-alcohol motifs (C(OH)–C–C–N with tert-alkyl or cyclic N) is 1. The fourth-order valence-corrected chi connectivity index (χ4v) is 5.27. The molecule has 0 amide bonds. The van der Waals surface area contributed by atoms with Crippen molar-refractivity contribution in [2.45, 2.75) is 51.0 Å². The second-order valence-corrected chi connectivity index (χ2v) is 8.05. The van der Waals surface area contributed by atoms with Gasteiger partial charge in [0.1, 0.15) is 0 Å². The van der Waals surface area contributed by atoms with Gasteiger partial charge >= 0.3 is 5.97 Å². The average molecular weight is 341 g/mol. The van der Waals surface area contributed by atoms with Crippen LogP contribution in [0, 0.1) is 20.8 Å². The Labute approximate surface area is 136 Å². The molecule has 1 aliphatic heterocycles. The number of nitrogens with zero attached hydrogens (tertiary/aromatic N) is 1. The monoisotopic (exact) mass is 341 g/mol. The molecule has 1 atom stereocenters. The number of aryl methyl sites for hydroxylation is 2. The minimum absolute atomic E-state index is 0.0867. The third kappa shape index (κ3) is 3.57. The first-order valence-corrected chi connectivity index (χ1v) is 9.08. The number of carboxylic acid groups (broad SMARTS) is 1. The third-order valence-electron chi connectivity index (χ3n) is 4.35. The number of hydrogen-bond donors (Lipinski definition) is 2. The van der Waals surface area contributed by atoms with E-state index in [4.69, 9.17) is 5.11 Å². The summed E-state index contributed by atoms with van der Waals surface area (Å²) in [6.45, 7) is 5.63. The molecule has 1 aromatic carbocycles. The molecule has 128 valence electrons. The Kier molecular flexibility index (Phi) is 5.13. The molecule has 2 N–H and O–H groups in total. The number of carbonyl (C=O) groups is 1. The van der Waals surface area contributed by atoms with E-state index in [1.54, 1.807) is 26.8 Å². The van der Waals surface area contributed by atoms with Gasteiger partial charge in [0.05, 0.1) is 17.4 Å². The van der Waals surface area contributed by atoms with Crippen molar-refractivity contribution in [3.05, 3.63) is 28.3 Å². The molecule has 0 unspecified atom stereocenters. The lowest BCUT2D eigenvalue weighted by Crippen LogP contribution is -2.42. The lowest BCUT2D eigenvalue weighted by Gasteiger charge is -2.30. The van der Waals surface area contributed by atoms with E-state index in [0.29, 0.717) is 36.1 Å². The number of sulfonamides is 1. The van der Waals surface area contributed by atoms with E-state index in [-0.39, 0.29) is 17.9 Å². The lowest BCUT2D eigenvalue weighted by atomic mass is 9.97. The van der Waals surface area contributed by atoms with Gasteiger partial charge in [-0.2, -0.15) is 4.31 Å². The second-order valence-electron chi connectivity index (χ2n) is 6.17. The largest absolute Gasteiger partial charge is 0.481 e. The van der Waals surface area contributed by atoms with Gasteiger partial charge in [0.25, 0.3) is 0 Å². The van der Waals surface area contributed by atoms with Gasteiger partial charge in [0.15, 0.2) is 0 Å². The second kappa shape index (κ2) is 6.59. The molecule has 0 aliphatic carbocycles. The van der Waals surface area contributed by atoms with Gasteiger partial charge in [-0.3, -0.25) is 4.79 Å². The maximum absolute atomic E-state index is 13.0. The molecule has 0 radical (unpaired) electrons. The number of carboxylic acids is 1. The highest BCUT2D eigenvalue weighted by Crippen LogP contribution is 2.30. The van der Waals surface area contributed by atoms with Gasteiger partial charge in [0, 0.05) is 13.1 Å². The number of aliphatic hydroxyl groups is 1. The molecule has 1 aromatic rings. The zero-order valence-electron chi connectivity index (χ0n) is 13.7. The first kappa shape index (κ1) is 17.9. The molecule has 1 fully saturated rings. The van der Waals surface area contributed by atoms with E-state index in [0.717, 1.165) is 5.56 Å². The lowest BCUT2D eigenvalue weighted by molar-refractivity contribution is -0.136. The summed E-state index contributed by atoms with van der Waals surface area (Å²) in [4.78, 5) is 11.2. The SMILES string of the molecule is Cc1cc(C)c(S(=O)(=O)N2CCC[C@@H](O)C2)c(C)c1CC(=O)O.